The van der Waals surface area contributed by atoms with Crippen LogP contribution in [0.2, 0.25) is 0 Å². The lowest BCUT2D eigenvalue weighted by atomic mass is 9.93. The molecule has 4 aromatic rings. The molecule has 4 rings (SSSR count). The van der Waals surface area contributed by atoms with Gasteiger partial charge in [-0.15, -0.1) is 0 Å². The van der Waals surface area contributed by atoms with Gasteiger partial charge in [-0.3, -0.25) is 0 Å². The van der Waals surface area contributed by atoms with Crippen LogP contribution in [-0.4, -0.2) is 0 Å². The van der Waals surface area contributed by atoms with Crippen molar-refractivity contribution in [3.8, 4) is 0 Å². The van der Waals surface area contributed by atoms with Crippen molar-refractivity contribution in [3.05, 3.63) is 78.9 Å². The molecular weight excluding hydrogens is 240 g/mol. The summed E-state index contributed by atoms with van der Waals surface area (Å²) in [4.78, 5) is 0. The van der Waals surface area contributed by atoms with Crippen molar-refractivity contribution in [2.45, 2.75) is 0 Å². The van der Waals surface area contributed by atoms with E-state index in [1.165, 1.54) is 37.9 Å². The Kier molecular flexibility index (Phi) is 2.37. The number of hydrogen-bond acceptors (Lipinski definition) is 0. The minimum atomic E-state index is 1.23. The van der Waals surface area contributed by atoms with E-state index in [9.17, 15) is 0 Å². The van der Waals surface area contributed by atoms with Gasteiger partial charge in [-0.05, 0) is 43.9 Å². The summed E-state index contributed by atoms with van der Waals surface area (Å²) in [6.07, 6.45) is 1.97. The van der Waals surface area contributed by atoms with Gasteiger partial charge in [-0.25, -0.2) is 0 Å². The van der Waals surface area contributed by atoms with Crippen molar-refractivity contribution in [3.63, 3.8) is 0 Å². The molecular formula is C20H14. The number of rotatable bonds is 1. The molecule has 0 unspecified atom stereocenters. The van der Waals surface area contributed by atoms with Gasteiger partial charge in [-0.2, -0.15) is 0 Å². The van der Waals surface area contributed by atoms with Gasteiger partial charge in [0.05, 0.1) is 0 Å². The molecule has 0 aliphatic carbocycles. The Balaban J connectivity index is 2.33. The standard InChI is InChI=1S/C20H14/c1-2-16-18-10-6-4-8-15(18)13-20-17-9-5-3-7-14(17)11-12-19(16)20/h2-13H,1H2. The van der Waals surface area contributed by atoms with Crippen LogP contribution < -0.4 is 0 Å². The first-order valence-electron chi connectivity index (χ1n) is 6.84. The molecule has 0 bridgehead atoms. The molecule has 0 aromatic heterocycles. The highest BCUT2D eigenvalue weighted by atomic mass is 14.1. The quantitative estimate of drug-likeness (QED) is 0.298. The first kappa shape index (κ1) is 11.2. The molecule has 0 spiro atoms. The van der Waals surface area contributed by atoms with Crippen molar-refractivity contribution in [1.82, 2.24) is 0 Å². The summed E-state index contributed by atoms with van der Waals surface area (Å²) in [7, 11) is 0. The van der Waals surface area contributed by atoms with Crippen LogP contribution in [0.25, 0.3) is 38.4 Å². The summed E-state index contributed by atoms with van der Waals surface area (Å²) in [5, 5.41) is 7.70. The monoisotopic (exact) mass is 254 g/mol. The summed E-state index contributed by atoms with van der Waals surface area (Å²) in [5.41, 5.74) is 1.23. The fourth-order valence-corrected chi connectivity index (χ4v) is 3.07. The molecule has 0 heterocycles. The zero-order chi connectivity index (χ0) is 13.5. The molecule has 0 heteroatoms. The van der Waals surface area contributed by atoms with Gasteiger partial charge in [0.25, 0.3) is 0 Å². The van der Waals surface area contributed by atoms with Crippen molar-refractivity contribution >= 4 is 38.4 Å². The normalized spacial score (nSPS) is 11.2. The lowest BCUT2D eigenvalue weighted by molar-refractivity contribution is 1.75. The Bertz CT molecular complexity index is 961. The van der Waals surface area contributed by atoms with E-state index >= 15 is 0 Å². The van der Waals surface area contributed by atoms with Crippen LogP contribution in [0.1, 0.15) is 5.56 Å². The Morgan fingerprint density at radius 2 is 1.30 bits per heavy atom. The molecule has 0 atom stereocenters. The summed E-state index contributed by atoms with van der Waals surface area (Å²) in [5.74, 6) is 0. The highest BCUT2D eigenvalue weighted by Crippen LogP contribution is 2.33. The molecule has 4 aromatic carbocycles. The first-order chi connectivity index (χ1) is 9.88. The van der Waals surface area contributed by atoms with Crippen molar-refractivity contribution in [2.75, 3.05) is 0 Å². The molecule has 0 saturated carbocycles. The van der Waals surface area contributed by atoms with Crippen LogP contribution >= 0.6 is 0 Å². The van der Waals surface area contributed by atoms with Crippen LogP contribution in [0.15, 0.2) is 73.3 Å². The summed E-state index contributed by atoms with van der Waals surface area (Å²) >= 11 is 0. The molecule has 0 saturated heterocycles. The van der Waals surface area contributed by atoms with E-state index in [4.69, 9.17) is 0 Å². The highest BCUT2D eigenvalue weighted by Gasteiger charge is 2.07. The van der Waals surface area contributed by atoms with E-state index in [-0.39, 0.29) is 0 Å². The molecule has 94 valence electrons. The SMILES string of the molecule is C=Cc1c2ccccc2cc2c1ccc1ccccc12. The smallest absolute Gasteiger partial charge is 0.00930 e. The second kappa shape index (κ2) is 4.21. The van der Waals surface area contributed by atoms with Crippen molar-refractivity contribution in [1.29, 1.82) is 0 Å². The minimum Gasteiger partial charge on any atom is -0.0984 e. The minimum absolute atomic E-state index is 1.23. The third-order valence-electron chi connectivity index (χ3n) is 4.02. The molecule has 20 heavy (non-hydrogen) atoms. The maximum absolute atomic E-state index is 4.01. The van der Waals surface area contributed by atoms with Crippen LogP contribution in [-0.2, 0) is 0 Å². The molecule has 0 fully saturated rings. The largest absolute Gasteiger partial charge is 0.0984 e. The Labute approximate surface area is 118 Å². The fourth-order valence-electron chi connectivity index (χ4n) is 3.07. The van der Waals surface area contributed by atoms with E-state index < -0.39 is 0 Å². The van der Waals surface area contributed by atoms with Crippen LogP contribution in [0.4, 0.5) is 0 Å². The fraction of sp³-hybridized carbons (Fsp3) is 0. The summed E-state index contributed by atoms with van der Waals surface area (Å²) in [6, 6.07) is 23.8. The Hall–Kier alpha value is -2.60. The molecule has 0 amide bonds. The maximum atomic E-state index is 4.01. The summed E-state index contributed by atoms with van der Waals surface area (Å²) < 4.78 is 0. The van der Waals surface area contributed by atoms with Gasteiger partial charge in [0, 0.05) is 0 Å². The number of benzene rings is 4. The first-order valence-corrected chi connectivity index (χ1v) is 6.84. The van der Waals surface area contributed by atoms with E-state index in [1.54, 1.807) is 0 Å². The number of hydrogen-bond donors (Lipinski definition) is 0. The molecule has 0 nitrogen and oxygen atoms in total. The Morgan fingerprint density at radius 1 is 0.600 bits per heavy atom. The van der Waals surface area contributed by atoms with E-state index in [2.05, 4.69) is 73.3 Å². The second-order valence-corrected chi connectivity index (χ2v) is 5.10. The average Bonchev–Trinajstić information content (AvgIpc) is 2.52. The third kappa shape index (κ3) is 1.48. The van der Waals surface area contributed by atoms with Gasteiger partial charge in [0.1, 0.15) is 0 Å². The molecule has 0 N–H and O–H groups in total. The van der Waals surface area contributed by atoms with Gasteiger partial charge in [0.2, 0.25) is 0 Å². The predicted molar refractivity (Wildman–Crippen MR) is 89.1 cm³/mol. The summed E-state index contributed by atoms with van der Waals surface area (Å²) in [6.45, 7) is 4.01. The van der Waals surface area contributed by atoms with Crippen molar-refractivity contribution < 1.29 is 0 Å². The number of fused-ring (bicyclic) bond motifs is 4. The lowest BCUT2D eigenvalue weighted by Gasteiger charge is -2.10. The maximum Gasteiger partial charge on any atom is -0.00930 e. The topological polar surface area (TPSA) is 0 Å². The highest BCUT2D eigenvalue weighted by molar-refractivity contribution is 6.16. The van der Waals surface area contributed by atoms with Gasteiger partial charge in [-0.1, -0.05) is 73.3 Å². The lowest BCUT2D eigenvalue weighted by Crippen LogP contribution is -1.84. The van der Waals surface area contributed by atoms with Gasteiger partial charge < -0.3 is 0 Å². The zero-order valence-corrected chi connectivity index (χ0v) is 11.1. The van der Waals surface area contributed by atoms with E-state index in [1.807, 2.05) is 6.08 Å². The van der Waals surface area contributed by atoms with E-state index in [0.29, 0.717) is 0 Å². The van der Waals surface area contributed by atoms with Gasteiger partial charge >= 0.3 is 0 Å². The average molecular weight is 254 g/mol. The predicted octanol–water partition coefficient (Wildman–Crippen LogP) is 5.79. The van der Waals surface area contributed by atoms with Gasteiger partial charge in [0.15, 0.2) is 0 Å². The van der Waals surface area contributed by atoms with E-state index in [0.717, 1.165) is 0 Å². The van der Waals surface area contributed by atoms with Crippen LogP contribution in [0, 0.1) is 0 Å². The van der Waals surface area contributed by atoms with Crippen molar-refractivity contribution in [2.24, 2.45) is 0 Å². The van der Waals surface area contributed by atoms with Crippen LogP contribution in [0.3, 0.4) is 0 Å². The molecule has 0 aliphatic rings. The Morgan fingerprint density at radius 3 is 2.10 bits per heavy atom. The zero-order valence-electron chi connectivity index (χ0n) is 11.1. The second-order valence-electron chi connectivity index (χ2n) is 5.10. The molecule has 0 radical (unpaired) electrons. The third-order valence-corrected chi connectivity index (χ3v) is 4.02. The van der Waals surface area contributed by atoms with Crippen LogP contribution in [0.5, 0.6) is 0 Å². The molecule has 0 aliphatic heterocycles.